The molecule has 23 heteroatoms. The predicted molar refractivity (Wildman–Crippen MR) is 172 cm³/mol. The van der Waals surface area contributed by atoms with Crippen LogP contribution in [0.5, 0.6) is 0 Å². The van der Waals surface area contributed by atoms with Crippen molar-refractivity contribution in [2.75, 3.05) is 13.2 Å². The molecule has 1 heterocycles. The van der Waals surface area contributed by atoms with Crippen LogP contribution in [0.2, 0.25) is 0 Å². The average Bonchev–Trinajstić information content (AvgIpc) is 3.57. The van der Waals surface area contributed by atoms with Crippen molar-refractivity contribution in [3.05, 3.63) is 18.2 Å². The molecule has 8 amide bonds. The molecule has 0 radical (unpaired) electrons. The van der Waals surface area contributed by atoms with E-state index in [0.29, 0.717) is 5.69 Å². The summed E-state index contributed by atoms with van der Waals surface area (Å²) in [5.41, 5.74) is 16.0. The number of aromatic amines is 1. The van der Waals surface area contributed by atoms with E-state index < -0.39 is 122 Å². The first-order chi connectivity index (χ1) is 23.9. The molecule has 1 rings (SSSR count). The number of primary amides is 2. The Morgan fingerprint density at radius 1 is 0.765 bits per heavy atom. The molecule has 0 unspecified atom stereocenters. The van der Waals surface area contributed by atoms with E-state index in [4.69, 9.17) is 17.2 Å². The summed E-state index contributed by atoms with van der Waals surface area (Å²) in [6, 6.07) is -8.95. The van der Waals surface area contributed by atoms with E-state index in [9.17, 15) is 58.5 Å². The first kappa shape index (κ1) is 43.3. The molecule has 0 aromatic carbocycles. The summed E-state index contributed by atoms with van der Waals surface area (Å²) in [4.78, 5) is 117. The maximum absolute atomic E-state index is 13.5. The summed E-state index contributed by atoms with van der Waals surface area (Å²) in [5.74, 6) is -8.97. The van der Waals surface area contributed by atoms with Crippen LogP contribution in [-0.4, -0.2) is 134 Å². The van der Waals surface area contributed by atoms with Gasteiger partial charge in [-0.1, -0.05) is 0 Å². The molecule has 51 heavy (non-hydrogen) atoms. The highest BCUT2D eigenvalue weighted by Gasteiger charge is 2.32. The summed E-state index contributed by atoms with van der Waals surface area (Å²) >= 11 is 0. The molecule has 0 fully saturated rings. The fraction of sp³-hybridized carbons (Fsp3) is 0.571. The van der Waals surface area contributed by atoms with Gasteiger partial charge in [-0.05, 0) is 26.7 Å². The monoisotopic (exact) mass is 727 g/mol. The minimum atomic E-state index is -1.67. The van der Waals surface area contributed by atoms with E-state index in [1.54, 1.807) is 0 Å². The smallest absolute Gasteiger partial charge is 0.326 e. The molecular formula is C28H45N11O12. The third-order valence-electron chi connectivity index (χ3n) is 7.05. The second-order valence-electron chi connectivity index (χ2n) is 11.3. The number of carbonyl (C=O) groups excluding carboxylic acids is 8. The van der Waals surface area contributed by atoms with Crippen molar-refractivity contribution in [3.8, 4) is 0 Å². The Kier molecular flexibility index (Phi) is 18.2. The van der Waals surface area contributed by atoms with Gasteiger partial charge in [-0.2, -0.15) is 0 Å². The van der Waals surface area contributed by atoms with Crippen molar-refractivity contribution in [2.24, 2.45) is 17.2 Å². The number of carboxylic acids is 1. The lowest BCUT2D eigenvalue weighted by atomic mass is 10.1. The number of hydrogen-bond donors (Lipinski definition) is 13. The van der Waals surface area contributed by atoms with Gasteiger partial charge in [-0.25, -0.2) is 9.78 Å². The number of H-pyrrole nitrogens is 1. The highest BCUT2D eigenvalue weighted by Crippen LogP contribution is 2.06. The number of carboxylic acid groups (broad SMARTS) is 1. The van der Waals surface area contributed by atoms with Gasteiger partial charge in [0.05, 0.1) is 25.6 Å². The Balaban J connectivity index is 3.06. The molecule has 0 saturated carbocycles. The number of carbonyl (C=O) groups is 9. The number of amides is 8. The molecule has 7 atom stereocenters. The topological polar surface area (TPSA) is 393 Å². The first-order valence-electron chi connectivity index (χ1n) is 15.5. The van der Waals surface area contributed by atoms with E-state index in [1.807, 2.05) is 0 Å². The van der Waals surface area contributed by atoms with Crippen molar-refractivity contribution in [2.45, 2.75) is 88.3 Å². The standard InChI is InChI=1S/C28H45N11O12/c1-12(35-21(44)9-33-27(49)22(31)13(2)41)23(45)39-18(10-40)26(48)38-17(7-14-8-32-11-34-14)25(47)36-15(3-5-19(29)42)24(46)37-16(28(50)51)4-6-20(30)43/h8,11-13,15-18,22,40-41H,3-7,9-10,31H2,1-2H3,(H2,29,42)(H2,30,43)(H,32,34)(H,33,49)(H,35,44)(H,36,47)(H,37,46)(H,38,48)(H,39,45)(H,50,51)/t12-,13+,15-,16-,17-,18-,22-/m0/s1. The van der Waals surface area contributed by atoms with Crippen LogP contribution in [0.25, 0.3) is 0 Å². The zero-order valence-corrected chi connectivity index (χ0v) is 27.8. The molecule has 284 valence electrons. The van der Waals surface area contributed by atoms with Gasteiger partial charge in [0, 0.05) is 31.2 Å². The Morgan fingerprint density at radius 3 is 1.78 bits per heavy atom. The van der Waals surface area contributed by atoms with Crippen LogP contribution in [0, 0.1) is 0 Å². The molecule has 0 bridgehead atoms. The zero-order valence-electron chi connectivity index (χ0n) is 27.8. The Hall–Kier alpha value is -5.68. The van der Waals surface area contributed by atoms with Gasteiger partial charge in [0.15, 0.2) is 0 Å². The molecule has 0 aliphatic carbocycles. The van der Waals surface area contributed by atoms with Gasteiger partial charge in [0.1, 0.15) is 36.3 Å². The largest absolute Gasteiger partial charge is 0.480 e. The molecular weight excluding hydrogens is 682 g/mol. The molecule has 16 N–H and O–H groups in total. The fourth-order valence-electron chi connectivity index (χ4n) is 4.10. The van der Waals surface area contributed by atoms with E-state index in [1.165, 1.54) is 26.4 Å². The number of aromatic nitrogens is 2. The van der Waals surface area contributed by atoms with Crippen LogP contribution in [-0.2, 0) is 49.6 Å². The van der Waals surface area contributed by atoms with Crippen molar-refractivity contribution >= 4 is 53.2 Å². The maximum Gasteiger partial charge on any atom is 0.326 e. The molecule has 0 saturated heterocycles. The minimum Gasteiger partial charge on any atom is -0.480 e. The van der Waals surface area contributed by atoms with Crippen molar-refractivity contribution < 1.29 is 58.5 Å². The van der Waals surface area contributed by atoms with E-state index in [-0.39, 0.29) is 19.3 Å². The van der Waals surface area contributed by atoms with Crippen LogP contribution < -0.4 is 49.1 Å². The number of aliphatic carboxylic acids is 1. The van der Waals surface area contributed by atoms with E-state index >= 15 is 0 Å². The first-order valence-corrected chi connectivity index (χ1v) is 15.5. The van der Waals surface area contributed by atoms with Gasteiger partial charge in [0.25, 0.3) is 0 Å². The van der Waals surface area contributed by atoms with Gasteiger partial charge in [-0.3, -0.25) is 38.4 Å². The van der Waals surface area contributed by atoms with Crippen LogP contribution in [0.15, 0.2) is 12.5 Å². The Labute approximate surface area is 290 Å². The molecule has 23 nitrogen and oxygen atoms in total. The number of aliphatic hydroxyl groups is 2. The lowest BCUT2D eigenvalue weighted by molar-refractivity contribution is -0.143. The van der Waals surface area contributed by atoms with E-state index in [2.05, 4.69) is 41.9 Å². The summed E-state index contributed by atoms with van der Waals surface area (Å²) < 4.78 is 0. The Bertz CT molecular complexity index is 1410. The number of rotatable bonds is 23. The van der Waals surface area contributed by atoms with Crippen LogP contribution >= 0.6 is 0 Å². The highest BCUT2D eigenvalue weighted by molar-refractivity contribution is 5.96. The van der Waals surface area contributed by atoms with Crippen LogP contribution in [0.3, 0.4) is 0 Å². The molecule has 0 aliphatic heterocycles. The summed E-state index contributed by atoms with van der Waals surface area (Å²) in [5, 5.41) is 42.2. The number of nitrogens with zero attached hydrogens (tertiary/aromatic N) is 1. The number of hydrogen-bond acceptors (Lipinski definition) is 13. The number of aliphatic hydroxyl groups excluding tert-OH is 2. The van der Waals surface area contributed by atoms with Crippen LogP contribution in [0.1, 0.15) is 45.2 Å². The zero-order chi connectivity index (χ0) is 38.8. The lowest BCUT2D eigenvalue weighted by Crippen LogP contribution is -2.60. The number of nitrogens with two attached hydrogens (primary N) is 3. The summed E-state index contributed by atoms with van der Waals surface area (Å²) in [7, 11) is 0. The average molecular weight is 728 g/mol. The normalized spacial score (nSPS) is 14.9. The molecule has 1 aromatic heterocycles. The fourth-order valence-corrected chi connectivity index (χ4v) is 4.10. The van der Waals surface area contributed by atoms with Crippen molar-refractivity contribution in [3.63, 3.8) is 0 Å². The highest BCUT2D eigenvalue weighted by atomic mass is 16.4. The second-order valence-corrected chi connectivity index (χ2v) is 11.3. The minimum absolute atomic E-state index is 0.277. The molecule has 0 spiro atoms. The molecule has 0 aliphatic rings. The third-order valence-corrected chi connectivity index (χ3v) is 7.05. The summed E-state index contributed by atoms with van der Waals surface area (Å²) in [6.07, 6.45) is -0.467. The number of nitrogens with one attached hydrogen (secondary N) is 7. The van der Waals surface area contributed by atoms with Crippen molar-refractivity contribution in [1.29, 1.82) is 0 Å². The van der Waals surface area contributed by atoms with Crippen LogP contribution in [0.4, 0.5) is 0 Å². The predicted octanol–water partition coefficient (Wildman–Crippen LogP) is -7.17. The van der Waals surface area contributed by atoms with E-state index in [0.717, 1.165) is 0 Å². The quantitative estimate of drug-likeness (QED) is 0.0498. The van der Waals surface area contributed by atoms with Gasteiger partial charge < -0.3 is 69.4 Å². The SMILES string of the molecule is C[C@H](NC(=O)CNC(=O)[C@@H](N)[C@@H](C)O)C(=O)N[C@@H](CO)C(=O)N[C@@H](Cc1cnc[nH]1)C(=O)N[C@@H](CCC(N)=O)C(=O)N[C@@H](CCC(N)=O)C(=O)O. The van der Waals surface area contributed by atoms with Gasteiger partial charge in [0.2, 0.25) is 47.3 Å². The maximum atomic E-state index is 13.5. The van der Waals surface area contributed by atoms with Crippen molar-refractivity contribution in [1.82, 2.24) is 41.9 Å². The Morgan fingerprint density at radius 2 is 1.27 bits per heavy atom. The number of imidazole rings is 1. The van der Waals surface area contributed by atoms with Gasteiger partial charge in [-0.15, -0.1) is 0 Å². The second kappa shape index (κ2) is 21.4. The third kappa shape index (κ3) is 16.1. The molecule has 1 aromatic rings. The summed E-state index contributed by atoms with van der Waals surface area (Å²) in [6.45, 7) is 0.927. The van der Waals surface area contributed by atoms with Gasteiger partial charge >= 0.3 is 5.97 Å². The lowest BCUT2D eigenvalue weighted by Gasteiger charge is -2.26.